The third kappa shape index (κ3) is 6.01. The molecule has 1 N–H and O–H groups in total. The number of nitrogens with zero attached hydrogens (tertiary/aromatic N) is 2. The minimum Gasteiger partial charge on any atom is -0.496 e. The molecule has 3 atom stereocenters. The highest BCUT2D eigenvalue weighted by Gasteiger charge is 2.58. The Kier molecular flexibility index (Phi) is 8.74. The van der Waals surface area contributed by atoms with Crippen molar-refractivity contribution in [2.45, 2.75) is 64.6 Å². The summed E-state index contributed by atoms with van der Waals surface area (Å²) in [6.45, 7) is 10.5. The topological polar surface area (TPSA) is 107 Å². The fraction of sp³-hybridized carbons (Fsp3) is 0.593. The number of aromatic nitrogens is 1. The van der Waals surface area contributed by atoms with Crippen LogP contribution >= 0.6 is 11.3 Å². The number of carbonyl (C=O) groups is 2. The van der Waals surface area contributed by atoms with Crippen LogP contribution in [0.1, 0.15) is 74.3 Å². The fourth-order valence-electron chi connectivity index (χ4n) is 5.32. The number of carbonyl (C=O) groups excluding carboxylic acids is 1. The summed E-state index contributed by atoms with van der Waals surface area (Å²) in [5.74, 6) is 0.0607. The van der Waals surface area contributed by atoms with Crippen LogP contribution in [0.25, 0.3) is 0 Å². The number of rotatable bonds is 9. The second kappa shape index (κ2) is 11.3. The van der Waals surface area contributed by atoms with Crippen LogP contribution in [-0.2, 0) is 14.9 Å². The molecule has 10 heteroatoms. The van der Waals surface area contributed by atoms with Crippen LogP contribution in [0, 0.1) is 11.8 Å². The molecule has 2 aromatic rings. The standard InChI is InChI=1S/C27H38N2O7S/c1-16(2)12-27(36-25(31)32)13-18(15-33-6)22(21-14-28-24(35-8)37-21)29(27)23(30)17-9-10-19(26(3,4)5)20(11-17)34-7/h9-11,14,16,18,22H,12-13,15H2,1-8H3,(H,31,32)/t18-,22-,27+/m1/s1. The lowest BCUT2D eigenvalue weighted by molar-refractivity contribution is -0.108. The van der Waals surface area contributed by atoms with Gasteiger partial charge in [-0.15, -0.1) is 0 Å². The smallest absolute Gasteiger partial charge is 0.496 e. The lowest BCUT2D eigenvalue weighted by atomic mass is 9.85. The largest absolute Gasteiger partial charge is 0.507 e. The number of likely N-dealkylation sites (tertiary alicyclic amines) is 1. The molecule has 1 saturated heterocycles. The zero-order valence-electron chi connectivity index (χ0n) is 22.9. The van der Waals surface area contributed by atoms with Crippen molar-refractivity contribution in [3.63, 3.8) is 0 Å². The van der Waals surface area contributed by atoms with E-state index < -0.39 is 17.9 Å². The maximum Gasteiger partial charge on any atom is 0.507 e. The minimum absolute atomic E-state index is 0.0467. The van der Waals surface area contributed by atoms with Gasteiger partial charge in [0, 0.05) is 37.6 Å². The molecule has 0 radical (unpaired) electrons. The summed E-state index contributed by atoms with van der Waals surface area (Å²) in [5, 5.41) is 10.3. The molecule has 9 nitrogen and oxygen atoms in total. The van der Waals surface area contributed by atoms with E-state index in [1.165, 1.54) is 18.4 Å². The number of ether oxygens (including phenoxy) is 4. The van der Waals surface area contributed by atoms with Gasteiger partial charge in [0.15, 0.2) is 5.72 Å². The summed E-state index contributed by atoms with van der Waals surface area (Å²) in [7, 11) is 4.70. The normalized spacial score (nSPS) is 21.8. The molecule has 0 aliphatic carbocycles. The van der Waals surface area contributed by atoms with Crippen molar-refractivity contribution in [2.24, 2.45) is 11.8 Å². The van der Waals surface area contributed by atoms with Gasteiger partial charge in [0.25, 0.3) is 11.1 Å². The minimum atomic E-state index is -1.43. The van der Waals surface area contributed by atoms with Crippen LogP contribution in [0.3, 0.4) is 0 Å². The Morgan fingerprint density at radius 2 is 1.92 bits per heavy atom. The van der Waals surface area contributed by atoms with Crippen molar-refractivity contribution in [1.82, 2.24) is 9.88 Å². The summed E-state index contributed by atoms with van der Waals surface area (Å²) < 4.78 is 22.2. The maximum atomic E-state index is 14.4. The van der Waals surface area contributed by atoms with Gasteiger partial charge in [-0.2, -0.15) is 0 Å². The van der Waals surface area contributed by atoms with Gasteiger partial charge in [-0.1, -0.05) is 52.0 Å². The van der Waals surface area contributed by atoms with Crippen LogP contribution in [-0.4, -0.2) is 60.7 Å². The molecule has 2 heterocycles. The Hall–Kier alpha value is -2.85. The number of methoxy groups -OCH3 is 3. The zero-order chi connectivity index (χ0) is 27.5. The van der Waals surface area contributed by atoms with E-state index in [1.807, 2.05) is 19.9 Å². The predicted molar refractivity (Wildman–Crippen MR) is 141 cm³/mol. The molecule has 37 heavy (non-hydrogen) atoms. The van der Waals surface area contributed by atoms with E-state index in [2.05, 4.69) is 25.8 Å². The average Bonchev–Trinajstić information content (AvgIpc) is 3.39. The number of hydrogen-bond donors (Lipinski definition) is 1. The summed E-state index contributed by atoms with van der Waals surface area (Å²) in [5.41, 5.74) is -0.242. The first kappa shape index (κ1) is 28.7. The first-order chi connectivity index (χ1) is 17.4. The van der Waals surface area contributed by atoms with E-state index in [9.17, 15) is 14.7 Å². The Morgan fingerprint density at radius 3 is 2.43 bits per heavy atom. The van der Waals surface area contributed by atoms with E-state index in [4.69, 9.17) is 18.9 Å². The second-order valence-electron chi connectivity index (χ2n) is 10.8. The van der Waals surface area contributed by atoms with Gasteiger partial charge in [0.05, 0.1) is 31.7 Å². The Bertz CT molecular complexity index is 1110. The quantitative estimate of drug-likeness (QED) is 0.406. The van der Waals surface area contributed by atoms with Crippen LogP contribution in [0.15, 0.2) is 24.4 Å². The third-order valence-electron chi connectivity index (χ3n) is 6.57. The summed E-state index contributed by atoms with van der Waals surface area (Å²) in [6.07, 6.45) is 0.860. The summed E-state index contributed by atoms with van der Waals surface area (Å²) in [6, 6.07) is 4.85. The molecule has 1 aliphatic rings. The highest BCUT2D eigenvalue weighted by Crippen LogP contribution is 2.52. The molecule has 1 aromatic carbocycles. The van der Waals surface area contributed by atoms with Gasteiger partial charge in [0.2, 0.25) is 0 Å². The van der Waals surface area contributed by atoms with Crippen molar-refractivity contribution in [1.29, 1.82) is 0 Å². The lowest BCUT2D eigenvalue weighted by Gasteiger charge is -2.40. The van der Waals surface area contributed by atoms with Crippen molar-refractivity contribution < 1.29 is 33.6 Å². The van der Waals surface area contributed by atoms with Gasteiger partial charge in [-0.25, -0.2) is 9.78 Å². The van der Waals surface area contributed by atoms with Gasteiger partial charge in [-0.05, 0) is 29.0 Å². The molecular weight excluding hydrogens is 496 g/mol. The lowest BCUT2D eigenvalue weighted by Crippen LogP contribution is -2.52. The Morgan fingerprint density at radius 1 is 1.22 bits per heavy atom. The SMILES string of the molecule is COC[C@H]1C[C@](CC(C)C)(OC(=O)O)N(C(=O)c2ccc(C(C)(C)C)c(OC)c2)[C@H]1c1cnc(OC)s1. The molecule has 0 unspecified atom stereocenters. The van der Waals surface area contributed by atoms with E-state index in [1.54, 1.807) is 37.4 Å². The first-order valence-electron chi connectivity index (χ1n) is 12.3. The fourth-order valence-corrected chi connectivity index (χ4v) is 6.23. The average molecular weight is 535 g/mol. The number of carboxylic acid groups (broad SMARTS) is 1. The summed E-state index contributed by atoms with van der Waals surface area (Å²) >= 11 is 1.32. The summed E-state index contributed by atoms with van der Waals surface area (Å²) in [4.78, 5) is 33.1. The van der Waals surface area contributed by atoms with Gasteiger partial charge in [0.1, 0.15) is 5.75 Å². The van der Waals surface area contributed by atoms with E-state index >= 15 is 0 Å². The van der Waals surface area contributed by atoms with Crippen LogP contribution < -0.4 is 9.47 Å². The van der Waals surface area contributed by atoms with Crippen LogP contribution in [0.4, 0.5) is 4.79 Å². The number of hydrogen-bond acceptors (Lipinski definition) is 8. The van der Waals surface area contributed by atoms with Crippen molar-refractivity contribution in [2.75, 3.05) is 27.9 Å². The van der Waals surface area contributed by atoms with E-state index in [0.29, 0.717) is 36.0 Å². The molecule has 0 bridgehead atoms. The number of amides is 1. The molecule has 1 amide bonds. The maximum absolute atomic E-state index is 14.4. The monoisotopic (exact) mass is 534 g/mol. The molecule has 0 saturated carbocycles. The molecular formula is C27H38N2O7S. The molecule has 1 aromatic heterocycles. The van der Waals surface area contributed by atoms with Crippen molar-refractivity contribution >= 4 is 23.4 Å². The molecule has 1 aliphatic heterocycles. The van der Waals surface area contributed by atoms with Crippen LogP contribution in [0.5, 0.6) is 10.9 Å². The third-order valence-corrected chi connectivity index (χ3v) is 7.60. The Balaban J connectivity index is 2.22. The first-order valence-corrected chi connectivity index (χ1v) is 13.1. The predicted octanol–water partition coefficient (Wildman–Crippen LogP) is 5.74. The van der Waals surface area contributed by atoms with E-state index in [0.717, 1.165) is 10.4 Å². The number of benzene rings is 1. The van der Waals surface area contributed by atoms with E-state index in [-0.39, 0.29) is 23.2 Å². The molecule has 204 valence electrons. The van der Waals surface area contributed by atoms with Gasteiger partial charge < -0.3 is 24.1 Å². The van der Waals surface area contributed by atoms with Crippen LogP contribution in [0.2, 0.25) is 0 Å². The second-order valence-corrected chi connectivity index (χ2v) is 11.9. The highest BCUT2D eigenvalue weighted by atomic mass is 32.1. The van der Waals surface area contributed by atoms with Gasteiger partial charge in [-0.3, -0.25) is 9.69 Å². The van der Waals surface area contributed by atoms with Gasteiger partial charge >= 0.3 is 6.16 Å². The highest BCUT2D eigenvalue weighted by molar-refractivity contribution is 7.13. The zero-order valence-corrected chi connectivity index (χ0v) is 23.7. The molecule has 3 rings (SSSR count). The molecule has 0 spiro atoms. The number of thiazole rings is 1. The molecule has 1 fully saturated rings. The Labute approximate surface area is 222 Å². The van der Waals surface area contributed by atoms with Crippen molar-refractivity contribution in [3.8, 4) is 10.9 Å². The van der Waals surface area contributed by atoms with Crippen molar-refractivity contribution in [3.05, 3.63) is 40.4 Å².